The second-order valence-electron chi connectivity index (χ2n) is 4.92. The molecule has 0 saturated carbocycles. The number of cyclic esters (lactones) is 1. The molecule has 9 heteroatoms. The monoisotopic (exact) mass is 296 g/mol. The van der Waals surface area contributed by atoms with Gasteiger partial charge in [0.25, 0.3) is 5.95 Å². The van der Waals surface area contributed by atoms with E-state index >= 15 is 0 Å². The van der Waals surface area contributed by atoms with Gasteiger partial charge in [-0.15, -0.1) is 0 Å². The molecular weight excluding hydrogens is 283 g/mol. The molecule has 2 fully saturated rings. The van der Waals surface area contributed by atoms with Crippen molar-refractivity contribution in [2.45, 2.75) is 12.5 Å². The molecule has 0 spiro atoms. The van der Waals surface area contributed by atoms with Crippen molar-refractivity contribution in [3.05, 3.63) is 28.3 Å². The summed E-state index contributed by atoms with van der Waals surface area (Å²) in [5, 5.41) is 11.0. The second-order valence-corrected chi connectivity index (χ2v) is 4.92. The lowest BCUT2D eigenvalue weighted by Crippen LogP contribution is -2.58. The van der Waals surface area contributed by atoms with E-state index in [0.29, 0.717) is 32.7 Å². The summed E-state index contributed by atoms with van der Waals surface area (Å²) in [5.41, 5.74) is -0.421. The second kappa shape index (κ2) is 5.15. The summed E-state index contributed by atoms with van der Waals surface area (Å²) < 4.78 is 18.5. The molecular formula is C12H13FN4O4. The predicted octanol–water partition coefficient (Wildman–Crippen LogP) is 1.16. The van der Waals surface area contributed by atoms with Gasteiger partial charge in [0.2, 0.25) is 0 Å². The SMILES string of the molecule is O=C1OCCC2CN(c3ccnc(F)c3[N+](=O)[O-])CCN12. The molecule has 3 rings (SSSR count). The Hall–Kier alpha value is -2.45. The van der Waals surface area contributed by atoms with Gasteiger partial charge in [-0.3, -0.25) is 10.1 Å². The number of anilines is 1. The first-order valence-corrected chi connectivity index (χ1v) is 6.55. The molecule has 0 N–H and O–H groups in total. The van der Waals surface area contributed by atoms with Gasteiger partial charge in [0.05, 0.1) is 17.6 Å². The molecule has 1 amide bonds. The molecule has 0 bridgehead atoms. The van der Waals surface area contributed by atoms with Crippen molar-refractivity contribution < 1.29 is 18.8 Å². The van der Waals surface area contributed by atoms with Crippen molar-refractivity contribution >= 4 is 17.5 Å². The van der Waals surface area contributed by atoms with Crippen LogP contribution in [0.5, 0.6) is 0 Å². The van der Waals surface area contributed by atoms with Gasteiger partial charge in [-0.05, 0) is 6.07 Å². The van der Waals surface area contributed by atoms with Gasteiger partial charge in [0.1, 0.15) is 5.69 Å². The molecule has 1 aromatic heterocycles. The number of piperazine rings is 1. The van der Waals surface area contributed by atoms with Gasteiger partial charge < -0.3 is 14.5 Å². The molecule has 21 heavy (non-hydrogen) atoms. The van der Waals surface area contributed by atoms with Crippen LogP contribution in [0, 0.1) is 16.1 Å². The quantitative estimate of drug-likeness (QED) is 0.462. The zero-order valence-electron chi connectivity index (χ0n) is 11.1. The molecule has 1 unspecified atom stereocenters. The smallest absolute Gasteiger partial charge is 0.410 e. The Kier molecular flexibility index (Phi) is 3.32. The van der Waals surface area contributed by atoms with Gasteiger partial charge in [0, 0.05) is 32.3 Å². The number of carbonyl (C=O) groups is 1. The Morgan fingerprint density at radius 3 is 3.05 bits per heavy atom. The van der Waals surface area contributed by atoms with Crippen LogP contribution in [0.25, 0.3) is 0 Å². The van der Waals surface area contributed by atoms with Gasteiger partial charge in [-0.25, -0.2) is 9.78 Å². The van der Waals surface area contributed by atoms with Crippen LogP contribution in [-0.4, -0.2) is 53.2 Å². The van der Waals surface area contributed by atoms with Crippen molar-refractivity contribution in [3.63, 3.8) is 0 Å². The summed E-state index contributed by atoms with van der Waals surface area (Å²) >= 11 is 0. The zero-order valence-corrected chi connectivity index (χ0v) is 11.1. The third-order valence-electron chi connectivity index (χ3n) is 3.78. The Morgan fingerprint density at radius 1 is 1.48 bits per heavy atom. The maximum Gasteiger partial charge on any atom is 0.410 e. The fourth-order valence-corrected chi connectivity index (χ4v) is 2.77. The zero-order chi connectivity index (χ0) is 15.0. The number of ether oxygens (including phenoxy) is 1. The maximum atomic E-state index is 13.6. The molecule has 0 aromatic carbocycles. The number of hydrogen-bond acceptors (Lipinski definition) is 6. The summed E-state index contributed by atoms with van der Waals surface area (Å²) in [6, 6.07) is 1.36. The van der Waals surface area contributed by atoms with Crippen LogP contribution < -0.4 is 4.90 Å². The Labute approximate surface area is 119 Å². The first-order valence-electron chi connectivity index (χ1n) is 6.55. The number of carbonyl (C=O) groups excluding carboxylic acids is 1. The molecule has 1 atom stereocenters. The van der Waals surface area contributed by atoms with E-state index in [0.717, 1.165) is 0 Å². The van der Waals surface area contributed by atoms with E-state index in [9.17, 15) is 19.3 Å². The standard InChI is InChI=1S/C12H13FN4O4/c13-11-10(17(19)20)9(1-3-14-11)15-4-5-16-8(7-15)2-6-21-12(16)18/h1,3,8H,2,4-7H2. The third kappa shape index (κ3) is 2.34. The largest absolute Gasteiger partial charge is 0.449 e. The number of nitrogens with zero attached hydrogens (tertiary/aromatic N) is 4. The van der Waals surface area contributed by atoms with Gasteiger partial charge >= 0.3 is 11.8 Å². The maximum absolute atomic E-state index is 13.6. The lowest BCUT2D eigenvalue weighted by molar-refractivity contribution is -0.387. The summed E-state index contributed by atoms with van der Waals surface area (Å²) in [7, 11) is 0. The minimum Gasteiger partial charge on any atom is -0.449 e. The van der Waals surface area contributed by atoms with Crippen LogP contribution in [0.1, 0.15) is 6.42 Å². The van der Waals surface area contributed by atoms with Gasteiger partial charge in [-0.2, -0.15) is 4.39 Å². The van der Waals surface area contributed by atoms with Crippen molar-refractivity contribution in [3.8, 4) is 0 Å². The molecule has 0 aliphatic carbocycles. The molecule has 0 radical (unpaired) electrons. The molecule has 8 nitrogen and oxygen atoms in total. The Balaban J connectivity index is 1.88. The Bertz CT molecular complexity index is 597. The Morgan fingerprint density at radius 2 is 2.29 bits per heavy atom. The highest BCUT2D eigenvalue weighted by atomic mass is 19.1. The van der Waals surface area contributed by atoms with Crippen LogP contribution in [0.4, 0.5) is 20.6 Å². The fraction of sp³-hybridized carbons (Fsp3) is 0.500. The predicted molar refractivity (Wildman–Crippen MR) is 69.5 cm³/mol. The minimum atomic E-state index is -1.09. The van der Waals surface area contributed by atoms with Crippen LogP contribution in [0.2, 0.25) is 0 Å². The lowest BCUT2D eigenvalue weighted by Gasteiger charge is -2.43. The summed E-state index contributed by atoms with van der Waals surface area (Å²) in [5.74, 6) is -1.09. The van der Waals surface area contributed by atoms with E-state index in [2.05, 4.69) is 4.98 Å². The summed E-state index contributed by atoms with van der Waals surface area (Å²) in [6.45, 7) is 1.53. The molecule has 2 aliphatic rings. The number of aromatic nitrogens is 1. The van der Waals surface area contributed by atoms with Crippen LogP contribution >= 0.6 is 0 Å². The van der Waals surface area contributed by atoms with Crippen LogP contribution in [0.15, 0.2) is 12.3 Å². The van der Waals surface area contributed by atoms with Crippen molar-refractivity contribution in [2.24, 2.45) is 0 Å². The molecule has 2 aliphatic heterocycles. The van der Waals surface area contributed by atoms with Crippen LogP contribution in [-0.2, 0) is 4.74 Å². The van der Waals surface area contributed by atoms with E-state index in [4.69, 9.17) is 4.74 Å². The molecule has 2 saturated heterocycles. The van der Waals surface area contributed by atoms with Gasteiger partial charge in [0.15, 0.2) is 0 Å². The number of amides is 1. The van der Waals surface area contributed by atoms with Crippen molar-refractivity contribution in [2.75, 3.05) is 31.1 Å². The highest BCUT2D eigenvalue weighted by Crippen LogP contribution is 2.32. The molecule has 3 heterocycles. The number of pyridine rings is 1. The number of fused-ring (bicyclic) bond motifs is 1. The van der Waals surface area contributed by atoms with E-state index in [1.54, 1.807) is 9.80 Å². The minimum absolute atomic E-state index is 0.0733. The number of hydrogen-bond donors (Lipinski definition) is 0. The highest BCUT2D eigenvalue weighted by molar-refractivity contribution is 5.70. The number of halogens is 1. The lowest BCUT2D eigenvalue weighted by atomic mass is 10.1. The topological polar surface area (TPSA) is 88.8 Å². The summed E-state index contributed by atoms with van der Waals surface area (Å²) in [4.78, 5) is 28.5. The first kappa shape index (κ1) is 13.5. The average molecular weight is 296 g/mol. The van der Waals surface area contributed by atoms with E-state index in [1.807, 2.05) is 0 Å². The summed E-state index contributed by atoms with van der Waals surface area (Å²) in [6.07, 6.45) is 1.50. The average Bonchev–Trinajstić information content (AvgIpc) is 2.46. The van der Waals surface area contributed by atoms with E-state index in [1.165, 1.54) is 12.3 Å². The fourth-order valence-electron chi connectivity index (χ4n) is 2.77. The molecule has 1 aromatic rings. The normalized spacial score (nSPS) is 21.8. The van der Waals surface area contributed by atoms with Crippen molar-refractivity contribution in [1.29, 1.82) is 0 Å². The van der Waals surface area contributed by atoms with Crippen LogP contribution in [0.3, 0.4) is 0 Å². The highest BCUT2D eigenvalue weighted by Gasteiger charge is 2.37. The van der Waals surface area contributed by atoms with Crippen molar-refractivity contribution in [1.82, 2.24) is 9.88 Å². The van der Waals surface area contributed by atoms with E-state index in [-0.39, 0.29) is 17.8 Å². The molecule has 112 valence electrons. The first-order chi connectivity index (χ1) is 10.1. The number of rotatable bonds is 2. The number of nitro groups is 1. The van der Waals surface area contributed by atoms with E-state index < -0.39 is 16.6 Å². The van der Waals surface area contributed by atoms with Gasteiger partial charge in [-0.1, -0.05) is 0 Å². The third-order valence-corrected chi connectivity index (χ3v) is 3.78.